The molecule has 20 heavy (non-hydrogen) atoms. The van der Waals surface area contributed by atoms with E-state index in [9.17, 15) is 4.39 Å². The van der Waals surface area contributed by atoms with Gasteiger partial charge in [-0.15, -0.1) is 0 Å². The van der Waals surface area contributed by atoms with Crippen LogP contribution in [0.1, 0.15) is 11.1 Å². The van der Waals surface area contributed by atoms with Crippen molar-refractivity contribution >= 4 is 28.3 Å². The highest BCUT2D eigenvalue weighted by molar-refractivity contribution is 7.83. The van der Waals surface area contributed by atoms with Gasteiger partial charge in [0.25, 0.3) is 0 Å². The van der Waals surface area contributed by atoms with Crippen molar-refractivity contribution in [3.63, 3.8) is 0 Å². The lowest BCUT2D eigenvalue weighted by Gasteiger charge is -2.28. The van der Waals surface area contributed by atoms with Crippen LogP contribution in [0.5, 0.6) is 0 Å². The minimum absolute atomic E-state index is 0.178. The van der Waals surface area contributed by atoms with Crippen LogP contribution in [0.25, 0.3) is 0 Å². The molecule has 0 atom stereocenters. The number of nitrogens with zero attached hydrogens (tertiary/aromatic N) is 1. The molecule has 0 unspecified atom stereocenters. The summed E-state index contributed by atoms with van der Waals surface area (Å²) in [6.45, 7) is 1.80. The number of hydrogen-bond acceptors (Lipinski definition) is 1. The minimum Gasteiger partial charge on any atom is -0.349 e. The lowest BCUT2D eigenvalue weighted by atomic mass is 10.0. The molecular formula is C16H15ClFNS. The highest BCUT2D eigenvalue weighted by Crippen LogP contribution is 2.19. The number of hydrogen-bond donors (Lipinski definition) is 0. The van der Waals surface area contributed by atoms with E-state index < -0.39 is 0 Å². The second-order valence-electron chi connectivity index (χ2n) is 4.49. The predicted molar refractivity (Wildman–Crippen MR) is 85.4 cm³/mol. The van der Waals surface area contributed by atoms with Gasteiger partial charge < -0.3 is 4.90 Å². The summed E-state index contributed by atoms with van der Waals surface area (Å²) >= 11 is 10.7. The fourth-order valence-corrected chi connectivity index (χ4v) is 2.36. The van der Waals surface area contributed by atoms with Crippen LogP contribution in [0.4, 0.5) is 4.39 Å². The first-order valence-corrected chi connectivity index (χ1v) is 7.17. The predicted octanol–water partition coefficient (Wildman–Crippen LogP) is 4.39. The van der Waals surface area contributed by atoms with E-state index in [1.54, 1.807) is 18.2 Å². The fourth-order valence-electron chi connectivity index (χ4n) is 2.06. The first kappa shape index (κ1) is 14.9. The zero-order valence-corrected chi connectivity index (χ0v) is 12.5. The van der Waals surface area contributed by atoms with Crippen molar-refractivity contribution in [1.29, 1.82) is 0 Å². The fraction of sp³-hybridized carbons (Fsp3) is 0.188. The van der Waals surface area contributed by atoms with Gasteiger partial charge in [0.1, 0.15) is 5.82 Å². The Labute approximate surface area is 129 Å². The van der Waals surface area contributed by atoms with Gasteiger partial charge in [0.05, 0.1) is 0 Å². The summed E-state index contributed by atoms with van der Waals surface area (Å²) in [5.74, 6) is -0.178. The molecule has 2 aromatic carbocycles. The van der Waals surface area contributed by atoms with Crippen LogP contribution in [-0.4, -0.2) is 15.9 Å². The summed E-state index contributed by atoms with van der Waals surface area (Å²) < 4.78 is 12.4. The van der Waals surface area contributed by atoms with E-state index in [0.717, 1.165) is 19.5 Å². The second kappa shape index (κ2) is 7.36. The molecule has 0 aliphatic carbocycles. The Morgan fingerprint density at radius 3 is 2.15 bits per heavy atom. The van der Waals surface area contributed by atoms with Crippen molar-refractivity contribution in [2.75, 3.05) is 6.54 Å². The molecule has 0 radical (unpaired) electrons. The van der Waals surface area contributed by atoms with E-state index >= 15 is 0 Å². The van der Waals surface area contributed by atoms with E-state index in [-0.39, 0.29) is 5.82 Å². The van der Waals surface area contributed by atoms with Crippen LogP contribution in [0.2, 0.25) is 0 Å². The Morgan fingerprint density at radius 2 is 1.60 bits per heavy atom. The lowest BCUT2D eigenvalue weighted by molar-refractivity contribution is 0.406. The average molecular weight is 308 g/mol. The first-order chi connectivity index (χ1) is 9.66. The van der Waals surface area contributed by atoms with E-state index in [1.807, 2.05) is 4.90 Å². The molecule has 104 valence electrons. The van der Waals surface area contributed by atoms with Gasteiger partial charge >= 0.3 is 0 Å². The minimum atomic E-state index is -0.178. The maximum atomic E-state index is 11.9. The van der Waals surface area contributed by atoms with E-state index in [4.69, 9.17) is 23.8 Å². The Bertz CT molecular complexity index is 574. The number of fused-ring (bicyclic) bond motifs is 1. The molecule has 0 amide bonds. The number of halogens is 2. The van der Waals surface area contributed by atoms with E-state index in [2.05, 4.69) is 24.3 Å². The van der Waals surface area contributed by atoms with Crippen LogP contribution in [0, 0.1) is 5.82 Å². The van der Waals surface area contributed by atoms with Gasteiger partial charge in [0, 0.05) is 13.1 Å². The molecule has 0 N–H and O–H groups in total. The third-order valence-corrected chi connectivity index (χ3v) is 3.61. The summed E-state index contributed by atoms with van der Waals surface area (Å²) in [5, 5.41) is 0. The maximum Gasteiger partial charge on any atom is 0.170 e. The van der Waals surface area contributed by atoms with Gasteiger partial charge in [-0.25, -0.2) is 4.39 Å². The summed E-state index contributed by atoms with van der Waals surface area (Å²) in [6.07, 6.45) is 1.04. The summed E-state index contributed by atoms with van der Waals surface area (Å²) in [5.41, 5.74) is 2.77. The molecular weight excluding hydrogens is 293 g/mol. The largest absolute Gasteiger partial charge is 0.349 e. The highest BCUT2D eigenvalue weighted by Gasteiger charge is 2.15. The Morgan fingerprint density at radius 1 is 1.00 bits per heavy atom. The van der Waals surface area contributed by atoms with Gasteiger partial charge in [-0.05, 0) is 41.9 Å². The quantitative estimate of drug-likeness (QED) is 0.403. The van der Waals surface area contributed by atoms with Crippen LogP contribution in [0.3, 0.4) is 0 Å². The molecule has 4 heteroatoms. The Balaban J connectivity index is 0.000000178. The van der Waals surface area contributed by atoms with Gasteiger partial charge in [-0.1, -0.05) is 54.1 Å². The van der Waals surface area contributed by atoms with Crippen LogP contribution >= 0.6 is 23.8 Å². The third-order valence-electron chi connectivity index (χ3n) is 3.11. The molecule has 0 saturated heterocycles. The third kappa shape index (κ3) is 4.29. The van der Waals surface area contributed by atoms with Crippen LogP contribution in [-0.2, 0) is 13.0 Å². The molecule has 1 aliphatic heterocycles. The molecule has 0 bridgehead atoms. The zero-order chi connectivity index (χ0) is 14.4. The van der Waals surface area contributed by atoms with Gasteiger partial charge in [0.2, 0.25) is 0 Å². The molecule has 0 spiro atoms. The molecule has 0 saturated carbocycles. The van der Waals surface area contributed by atoms with Crippen LogP contribution < -0.4 is 0 Å². The summed E-state index contributed by atoms with van der Waals surface area (Å²) in [6, 6.07) is 16.4. The summed E-state index contributed by atoms with van der Waals surface area (Å²) in [4.78, 5) is 2.03. The Hall–Kier alpha value is -1.45. The number of rotatable bonds is 0. The maximum absolute atomic E-state index is 11.9. The monoisotopic (exact) mass is 307 g/mol. The second-order valence-corrected chi connectivity index (χ2v) is 5.46. The average Bonchev–Trinajstić information content (AvgIpc) is 2.48. The highest BCUT2D eigenvalue weighted by atomic mass is 35.5. The molecule has 2 aromatic rings. The molecule has 1 aliphatic rings. The van der Waals surface area contributed by atoms with E-state index in [0.29, 0.717) is 4.45 Å². The number of benzene rings is 2. The smallest absolute Gasteiger partial charge is 0.170 e. The van der Waals surface area contributed by atoms with Crippen molar-refractivity contribution in [3.05, 3.63) is 71.5 Å². The van der Waals surface area contributed by atoms with Crippen molar-refractivity contribution in [2.45, 2.75) is 13.0 Å². The van der Waals surface area contributed by atoms with Crippen molar-refractivity contribution in [1.82, 2.24) is 4.90 Å². The normalized spacial score (nSPS) is 13.0. The Kier molecular flexibility index (Phi) is 5.50. The summed E-state index contributed by atoms with van der Waals surface area (Å²) in [7, 11) is 0. The first-order valence-electron chi connectivity index (χ1n) is 6.38. The van der Waals surface area contributed by atoms with Gasteiger partial charge in [0.15, 0.2) is 4.45 Å². The topological polar surface area (TPSA) is 3.24 Å². The molecule has 3 rings (SSSR count). The molecule has 0 fully saturated rings. The van der Waals surface area contributed by atoms with Gasteiger partial charge in [-0.3, -0.25) is 0 Å². The van der Waals surface area contributed by atoms with Gasteiger partial charge in [-0.2, -0.15) is 0 Å². The number of thiocarbonyl (C=S) groups is 1. The van der Waals surface area contributed by atoms with E-state index in [1.165, 1.54) is 23.3 Å². The standard InChI is InChI=1S/C10H10ClNS.C6H5F/c11-10(13)12-6-5-8-3-1-2-4-9(8)7-12;7-6-4-2-1-3-5-6/h1-4H,5-7H2;1-5H. The van der Waals surface area contributed by atoms with Crippen molar-refractivity contribution in [3.8, 4) is 0 Å². The molecule has 0 aromatic heterocycles. The zero-order valence-electron chi connectivity index (χ0n) is 10.9. The van der Waals surface area contributed by atoms with Crippen molar-refractivity contribution < 1.29 is 4.39 Å². The SMILES string of the molecule is Fc1ccccc1.S=C(Cl)N1CCc2ccccc2C1. The van der Waals surface area contributed by atoms with Crippen LogP contribution in [0.15, 0.2) is 54.6 Å². The molecule has 1 heterocycles. The van der Waals surface area contributed by atoms with Crippen molar-refractivity contribution in [2.24, 2.45) is 0 Å². The molecule has 1 nitrogen and oxygen atoms in total. The lowest BCUT2D eigenvalue weighted by Crippen LogP contribution is -2.32.